The van der Waals surface area contributed by atoms with Crippen LogP contribution in [0.3, 0.4) is 0 Å². The molecule has 0 bridgehead atoms. The maximum Gasteiger partial charge on any atom is 0.180 e. The van der Waals surface area contributed by atoms with Gasteiger partial charge in [0.05, 0.1) is 17.3 Å². The van der Waals surface area contributed by atoms with Crippen LogP contribution in [-0.2, 0) is 6.54 Å². The highest BCUT2D eigenvalue weighted by Crippen LogP contribution is 2.37. The Morgan fingerprint density at radius 3 is 2.80 bits per heavy atom. The second-order valence-electron chi connectivity index (χ2n) is 5.66. The molecule has 6 heteroatoms. The van der Waals surface area contributed by atoms with Crippen LogP contribution in [0.4, 0.5) is 0 Å². The molecule has 0 spiro atoms. The lowest BCUT2D eigenvalue weighted by Gasteiger charge is -2.25. The van der Waals surface area contributed by atoms with Crippen LogP contribution in [0, 0.1) is 0 Å². The maximum absolute atomic E-state index is 6.41. The van der Waals surface area contributed by atoms with E-state index in [0.29, 0.717) is 36.3 Å². The van der Waals surface area contributed by atoms with Crippen molar-refractivity contribution in [2.24, 2.45) is 0 Å². The predicted molar refractivity (Wildman–Crippen MR) is 100 cm³/mol. The van der Waals surface area contributed by atoms with Crippen molar-refractivity contribution in [3.8, 4) is 11.5 Å². The third kappa shape index (κ3) is 5.18. The fourth-order valence-electron chi connectivity index (χ4n) is 2.46. The van der Waals surface area contributed by atoms with Gasteiger partial charge in [-0.3, -0.25) is 4.90 Å². The Morgan fingerprint density at radius 2 is 2.16 bits per heavy atom. The van der Waals surface area contributed by atoms with E-state index in [0.717, 1.165) is 11.3 Å². The Bertz CT molecular complexity index is 695. The molecule has 0 radical (unpaired) electrons. The standard InChI is InChI=1S/C19H24ClN3O2/c1-5-9-25-19-16(20)10-15(11-18(19)24-6-2)12-23(4)14(3)17-7-8-21-13-22-17/h5,7-8,10-11,13-14H,1,6,9,12H2,2-4H3/t14-/m0/s1. The number of rotatable bonds is 9. The summed E-state index contributed by atoms with van der Waals surface area (Å²) in [5.74, 6) is 1.20. The molecule has 1 heterocycles. The molecule has 134 valence electrons. The van der Waals surface area contributed by atoms with Gasteiger partial charge >= 0.3 is 0 Å². The molecule has 5 nitrogen and oxygen atoms in total. The Kier molecular flexibility index (Phi) is 7.22. The van der Waals surface area contributed by atoms with Gasteiger partial charge < -0.3 is 9.47 Å². The fraction of sp³-hybridized carbons (Fsp3) is 0.368. The van der Waals surface area contributed by atoms with E-state index >= 15 is 0 Å². The first kappa shape index (κ1) is 19.2. The fourth-order valence-corrected chi connectivity index (χ4v) is 2.74. The average Bonchev–Trinajstić information content (AvgIpc) is 2.61. The molecule has 2 rings (SSSR count). The van der Waals surface area contributed by atoms with Gasteiger partial charge in [0.2, 0.25) is 0 Å². The highest BCUT2D eigenvalue weighted by Gasteiger charge is 2.17. The number of hydrogen-bond donors (Lipinski definition) is 0. The zero-order valence-corrected chi connectivity index (χ0v) is 15.7. The first-order valence-electron chi connectivity index (χ1n) is 8.21. The Balaban J connectivity index is 2.19. The van der Waals surface area contributed by atoms with Gasteiger partial charge in [0.25, 0.3) is 0 Å². The monoisotopic (exact) mass is 361 g/mol. The lowest BCUT2D eigenvalue weighted by atomic mass is 10.1. The zero-order valence-electron chi connectivity index (χ0n) is 14.9. The third-order valence-electron chi connectivity index (χ3n) is 3.84. The molecule has 0 aliphatic carbocycles. The molecular weight excluding hydrogens is 338 g/mol. The Hall–Kier alpha value is -2.11. The van der Waals surface area contributed by atoms with Gasteiger partial charge in [-0.1, -0.05) is 24.3 Å². The molecule has 0 saturated heterocycles. The van der Waals surface area contributed by atoms with Crippen molar-refractivity contribution >= 4 is 11.6 Å². The minimum absolute atomic E-state index is 0.147. The molecule has 0 N–H and O–H groups in total. The first-order valence-corrected chi connectivity index (χ1v) is 8.59. The van der Waals surface area contributed by atoms with Crippen LogP contribution in [0.2, 0.25) is 5.02 Å². The summed E-state index contributed by atoms with van der Waals surface area (Å²) in [6, 6.07) is 5.95. The molecule has 0 aliphatic heterocycles. The Morgan fingerprint density at radius 1 is 1.36 bits per heavy atom. The molecular formula is C19H24ClN3O2. The minimum Gasteiger partial charge on any atom is -0.490 e. The van der Waals surface area contributed by atoms with Crippen LogP contribution in [0.15, 0.2) is 43.4 Å². The van der Waals surface area contributed by atoms with Gasteiger partial charge in [-0.15, -0.1) is 0 Å². The largest absolute Gasteiger partial charge is 0.490 e. The number of halogens is 1. The summed E-state index contributed by atoms with van der Waals surface area (Å²) in [6.07, 6.45) is 5.00. The second-order valence-corrected chi connectivity index (χ2v) is 6.07. The first-order chi connectivity index (χ1) is 12.1. The van der Waals surface area contributed by atoms with Crippen molar-refractivity contribution in [2.75, 3.05) is 20.3 Å². The van der Waals surface area contributed by atoms with E-state index in [1.54, 1.807) is 18.6 Å². The average molecular weight is 362 g/mol. The molecule has 1 aromatic carbocycles. The predicted octanol–water partition coefficient (Wildman–Crippen LogP) is 4.29. The van der Waals surface area contributed by atoms with Crippen LogP contribution in [0.1, 0.15) is 31.1 Å². The molecule has 25 heavy (non-hydrogen) atoms. The number of nitrogens with zero attached hydrogens (tertiary/aromatic N) is 3. The number of aromatic nitrogens is 2. The van der Waals surface area contributed by atoms with Crippen LogP contribution >= 0.6 is 11.6 Å². The van der Waals surface area contributed by atoms with Crippen molar-refractivity contribution in [1.82, 2.24) is 14.9 Å². The zero-order chi connectivity index (χ0) is 18.2. The van der Waals surface area contributed by atoms with Crippen molar-refractivity contribution in [2.45, 2.75) is 26.4 Å². The summed E-state index contributed by atoms with van der Waals surface area (Å²) < 4.78 is 11.3. The molecule has 0 aliphatic rings. The van der Waals surface area contributed by atoms with E-state index in [-0.39, 0.29) is 6.04 Å². The molecule has 0 amide bonds. The molecule has 0 saturated carbocycles. The van der Waals surface area contributed by atoms with E-state index in [4.69, 9.17) is 21.1 Å². The van der Waals surface area contributed by atoms with Gasteiger partial charge in [0, 0.05) is 18.8 Å². The molecule has 1 aromatic heterocycles. The van der Waals surface area contributed by atoms with E-state index < -0.39 is 0 Å². The van der Waals surface area contributed by atoms with Crippen LogP contribution in [-0.4, -0.2) is 35.1 Å². The third-order valence-corrected chi connectivity index (χ3v) is 4.12. The normalized spacial score (nSPS) is 12.0. The lowest BCUT2D eigenvalue weighted by Crippen LogP contribution is -2.22. The molecule has 1 atom stereocenters. The van der Waals surface area contributed by atoms with Crippen molar-refractivity contribution in [3.63, 3.8) is 0 Å². The van der Waals surface area contributed by atoms with E-state index in [1.807, 2.05) is 32.2 Å². The SMILES string of the molecule is C=CCOc1c(Cl)cc(CN(C)[C@@H](C)c2ccncn2)cc1OCC. The van der Waals surface area contributed by atoms with E-state index in [2.05, 4.69) is 28.4 Å². The Labute approximate surface area is 154 Å². The van der Waals surface area contributed by atoms with E-state index in [1.165, 1.54) is 0 Å². The summed E-state index contributed by atoms with van der Waals surface area (Å²) in [5, 5.41) is 0.533. The highest BCUT2D eigenvalue weighted by molar-refractivity contribution is 6.32. The van der Waals surface area contributed by atoms with E-state index in [9.17, 15) is 0 Å². The maximum atomic E-state index is 6.41. The smallest absolute Gasteiger partial charge is 0.180 e. The summed E-state index contributed by atoms with van der Waals surface area (Å²) >= 11 is 6.41. The van der Waals surface area contributed by atoms with Gasteiger partial charge in [-0.05, 0) is 44.7 Å². The molecule has 0 unspecified atom stereocenters. The van der Waals surface area contributed by atoms with Gasteiger partial charge in [0.1, 0.15) is 12.9 Å². The van der Waals surface area contributed by atoms with Crippen molar-refractivity contribution in [1.29, 1.82) is 0 Å². The number of benzene rings is 1. The van der Waals surface area contributed by atoms with Crippen LogP contribution in [0.25, 0.3) is 0 Å². The quantitative estimate of drug-likeness (QED) is 0.623. The van der Waals surface area contributed by atoms with Gasteiger partial charge in [0.15, 0.2) is 11.5 Å². The van der Waals surface area contributed by atoms with Crippen LogP contribution in [0.5, 0.6) is 11.5 Å². The summed E-state index contributed by atoms with van der Waals surface area (Å²) in [5.41, 5.74) is 2.02. The highest BCUT2D eigenvalue weighted by atomic mass is 35.5. The lowest BCUT2D eigenvalue weighted by molar-refractivity contribution is 0.247. The summed E-state index contributed by atoms with van der Waals surface area (Å²) in [7, 11) is 2.04. The topological polar surface area (TPSA) is 47.5 Å². The summed E-state index contributed by atoms with van der Waals surface area (Å²) in [6.45, 7) is 9.32. The van der Waals surface area contributed by atoms with Crippen molar-refractivity contribution < 1.29 is 9.47 Å². The number of ether oxygens (including phenoxy) is 2. The van der Waals surface area contributed by atoms with Crippen molar-refractivity contribution in [3.05, 3.63) is 59.7 Å². The second kappa shape index (κ2) is 9.39. The van der Waals surface area contributed by atoms with Gasteiger partial charge in [-0.25, -0.2) is 9.97 Å². The summed E-state index contributed by atoms with van der Waals surface area (Å²) in [4.78, 5) is 10.5. The molecule has 0 fully saturated rings. The minimum atomic E-state index is 0.147. The molecule has 2 aromatic rings. The van der Waals surface area contributed by atoms with Gasteiger partial charge in [-0.2, -0.15) is 0 Å². The van der Waals surface area contributed by atoms with Crippen LogP contribution < -0.4 is 9.47 Å². The number of hydrogen-bond acceptors (Lipinski definition) is 5.